The van der Waals surface area contributed by atoms with Crippen LogP contribution in [0.3, 0.4) is 0 Å². The minimum atomic E-state index is 0.820. The van der Waals surface area contributed by atoms with Gasteiger partial charge in [-0.05, 0) is 0 Å². The number of aliphatic imine (C=N–C) groups is 4. The van der Waals surface area contributed by atoms with Gasteiger partial charge in [-0.2, -0.15) is 0 Å². The van der Waals surface area contributed by atoms with Gasteiger partial charge in [0.2, 0.25) is 11.9 Å². The molecular formula is C12H18N8. The smallest absolute Gasteiger partial charge is 0.223 e. The van der Waals surface area contributed by atoms with Crippen LogP contribution >= 0.6 is 0 Å². The Kier molecular flexibility index (Phi) is 2.79. The summed E-state index contributed by atoms with van der Waals surface area (Å²) >= 11 is 0. The zero-order chi connectivity index (χ0) is 13.4. The molecule has 0 aromatic carbocycles. The summed E-state index contributed by atoms with van der Waals surface area (Å²) in [7, 11) is 0. The summed E-state index contributed by atoms with van der Waals surface area (Å²) in [5.41, 5.74) is 0. The van der Waals surface area contributed by atoms with E-state index in [9.17, 15) is 0 Å². The zero-order valence-corrected chi connectivity index (χ0v) is 11.4. The fourth-order valence-corrected chi connectivity index (χ4v) is 2.85. The van der Waals surface area contributed by atoms with Gasteiger partial charge in [0.1, 0.15) is 6.34 Å². The minimum absolute atomic E-state index is 0.820. The van der Waals surface area contributed by atoms with E-state index in [1.807, 2.05) is 12.7 Å². The highest BCUT2D eigenvalue weighted by Crippen LogP contribution is 2.16. The molecule has 0 N–H and O–H groups in total. The Labute approximate surface area is 117 Å². The van der Waals surface area contributed by atoms with Gasteiger partial charge in [-0.15, -0.1) is 0 Å². The molecule has 4 heterocycles. The van der Waals surface area contributed by atoms with Crippen molar-refractivity contribution in [3.05, 3.63) is 0 Å². The van der Waals surface area contributed by atoms with E-state index in [2.05, 4.69) is 39.8 Å². The van der Waals surface area contributed by atoms with E-state index >= 15 is 0 Å². The molecule has 8 nitrogen and oxygen atoms in total. The van der Waals surface area contributed by atoms with Crippen molar-refractivity contribution in [3.63, 3.8) is 0 Å². The highest BCUT2D eigenvalue weighted by molar-refractivity contribution is 6.04. The topological polar surface area (TPSA) is 62.4 Å². The average molecular weight is 274 g/mol. The summed E-state index contributed by atoms with van der Waals surface area (Å²) < 4.78 is 0. The maximum atomic E-state index is 4.68. The molecule has 0 atom stereocenters. The van der Waals surface area contributed by atoms with Gasteiger partial charge < -0.3 is 4.90 Å². The van der Waals surface area contributed by atoms with E-state index in [4.69, 9.17) is 0 Å². The maximum Gasteiger partial charge on any atom is 0.223 e. The normalized spacial score (nSPS) is 25.2. The van der Waals surface area contributed by atoms with Gasteiger partial charge in [0.15, 0.2) is 0 Å². The maximum absolute atomic E-state index is 4.68. The van der Waals surface area contributed by atoms with Crippen LogP contribution in [0.4, 0.5) is 0 Å². The van der Waals surface area contributed by atoms with Gasteiger partial charge in [-0.1, -0.05) is 0 Å². The molecule has 106 valence electrons. The monoisotopic (exact) mass is 274 g/mol. The second-order valence-corrected chi connectivity index (χ2v) is 5.04. The third-order valence-corrected chi connectivity index (χ3v) is 3.79. The van der Waals surface area contributed by atoms with E-state index in [-0.39, 0.29) is 0 Å². The molecule has 0 aliphatic carbocycles. The van der Waals surface area contributed by atoms with E-state index < -0.39 is 0 Å². The quantitative estimate of drug-likeness (QED) is 0.611. The molecule has 20 heavy (non-hydrogen) atoms. The van der Waals surface area contributed by atoms with Crippen molar-refractivity contribution in [1.29, 1.82) is 0 Å². The van der Waals surface area contributed by atoms with Crippen molar-refractivity contribution >= 4 is 24.6 Å². The summed E-state index contributed by atoms with van der Waals surface area (Å²) in [5, 5.41) is 4.37. The SMILES string of the molecule is C1=NCCN1C1=NCCN1C1=NCCN1N1C=NCC1. The molecule has 0 saturated carbocycles. The summed E-state index contributed by atoms with van der Waals surface area (Å²) in [6, 6.07) is 0. The largest absolute Gasteiger partial charge is 0.301 e. The van der Waals surface area contributed by atoms with E-state index in [1.54, 1.807) is 0 Å². The first-order chi connectivity index (χ1) is 9.93. The van der Waals surface area contributed by atoms with Crippen LogP contribution in [-0.2, 0) is 0 Å². The molecule has 0 spiro atoms. The number of guanidine groups is 2. The molecule has 4 aliphatic rings. The molecule has 0 fully saturated rings. The van der Waals surface area contributed by atoms with E-state index in [0.29, 0.717) is 0 Å². The molecule has 0 saturated heterocycles. The van der Waals surface area contributed by atoms with Crippen LogP contribution in [0.1, 0.15) is 0 Å². The minimum Gasteiger partial charge on any atom is -0.301 e. The van der Waals surface area contributed by atoms with E-state index in [1.165, 1.54) is 0 Å². The molecule has 0 aromatic heterocycles. The highest BCUT2D eigenvalue weighted by atomic mass is 15.7. The van der Waals surface area contributed by atoms with Crippen LogP contribution in [0.2, 0.25) is 0 Å². The van der Waals surface area contributed by atoms with Crippen molar-refractivity contribution in [1.82, 2.24) is 19.8 Å². The van der Waals surface area contributed by atoms with Gasteiger partial charge >= 0.3 is 0 Å². The second-order valence-electron chi connectivity index (χ2n) is 5.04. The molecule has 4 rings (SSSR count). The second kappa shape index (κ2) is 4.77. The van der Waals surface area contributed by atoms with Crippen LogP contribution in [0.25, 0.3) is 0 Å². The third-order valence-electron chi connectivity index (χ3n) is 3.79. The Balaban J connectivity index is 1.55. The molecule has 0 radical (unpaired) electrons. The Morgan fingerprint density at radius 3 is 2.35 bits per heavy atom. The fraction of sp³-hybridized carbons (Fsp3) is 0.667. The fourth-order valence-electron chi connectivity index (χ4n) is 2.85. The first-order valence-corrected chi connectivity index (χ1v) is 7.10. The van der Waals surface area contributed by atoms with Crippen LogP contribution in [0.15, 0.2) is 20.0 Å². The van der Waals surface area contributed by atoms with Gasteiger partial charge in [0.25, 0.3) is 0 Å². The number of hydrogen-bond acceptors (Lipinski definition) is 8. The summed E-state index contributed by atoms with van der Waals surface area (Å²) in [6.45, 7) is 7.01. The van der Waals surface area contributed by atoms with Crippen LogP contribution < -0.4 is 0 Å². The Bertz CT molecular complexity index is 508. The molecule has 8 heteroatoms. The molecule has 0 aromatic rings. The molecule has 4 aliphatic heterocycles. The number of hydrazine groups is 1. The predicted octanol–water partition coefficient (Wildman–Crippen LogP) is -1.07. The lowest BCUT2D eigenvalue weighted by molar-refractivity contribution is 0.154. The Morgan fingerprint density at radius 2 is 1.55 bits per heavy atom. The molecule has 0 unspecified atom stereocenters. The van der Waals surface area contributed by atoms with Crippen molar-refractivity contribution in [2.45, 2.75) is 0 Å². The lowest BCUT2D eigenvalue weighted by Gasteiger charge is -2.34. The number of nitrogens with zero attached hydrogens (tertiary/aromatic N) is 8. The first-order valence-electron chi connectivity index (χ1n) is 7.10. The van der Waals surface area contributed by atoms with Crippen molar-refractivity contribution in [3.8, 4) is 0 Å². The summed E-state index contributed by atoms with van der Waals surface area (Å²) in [4.78, 5) is 22.2. The third kappa shape index (κ3) is 1.83. The number of hydrogen-bond donors (Lipinski definition) is 0. The van der Waals surface area contributed by atoms with Crippen LogP contribution in [-0.4, -0.2) is 96.8 Å². The van der Waals surface area contributed by atoms with Crippen molar-refractivity contribution < 1.29 is 0 Å². The molecular weight excluding hydrogens is 256 g/mol. The zero-order valence-electron chi connectivity index (χ0n) is 11.4. The lowest BCUT2D eigenvalue weighted by Crippen LogP contribution is -2.53. The Hall–Kier alpha value is -2.12. The predicted molar refractivity (Wildman–Crippen MR) is 78.1 cm³/mol. The van der Waals surface area contributed by atoms with Gasteiger partial charge in [-0.25, -0.2) is 4.99 Å². The van der Waals surface area contributed by atoms with Gasteiger partial charge in [0.05, 0.1) is 45.6 Å². The molecule has 0 bridgehead atoms. The summed E-state index contributed by atoms with van der Waals surface area (Å²) in [5.74, 6) is 1.97. The lowest BCUT2D eigenvalue weighted by atomic mass is 10.5. The average Bonchev–Trinajstić information content (AvgIpc) is 3.23. The Morgan fingerprint density at radius 1 is 0.750 bits per heavy atom. The molecule has 0 amide bonds. The van der Waals surface area contributed by atoms with Gasteiger partial charge in [0, 0.05) is 13.1 Å². The van der Waals surface area contributed by atoms with Crippen molar-refractivity contribution in [2.24, 2.45) is 20.0 Å². The highest BCUT2D eigenvalue weighted by Gasteiger charge is 2.34. The summed E-state index contributed by atoms with van der Waals surface area (Å²) in [6.07, 6.45) is 3.79. The van der Waals surface area contributed by atoms with Crippen LogP contribution in [0, 0.1) is 0 Å². The van der Waals surface area contributed by atoms with Crippen molar-refractivity contribution in [2.75, 3.05) is 52.4 Å². The first kappa shape index (κ1) is 11.7. The number of rotatable bonds is 1. The van der Waals surface area contributed by atoms with Crippen LogP contribution in [0.5, 0.6) is 0 Å². The van der Waals surface area contributed by atoms with Gasteiger partial charge in [-0.3, -0.25) is 29.9 Å². The van der Waals surface area contributed by atoms with E-state index in [0.717, 1.165) is 64.3 Å². The standard InChI is InChI=1S/C12H18N8/c1-5-17(9-13-1)11-15-3-7-19(11)12-16-4-8-20(12)18-6-2-14-10-18/h9-10H,1-8H2.